The van der Waals surface area contributed by atoms with Crippen molar-refractivity contribution in [2.24, 2.45) is 7.05 Å². The van der Waals surface area contributed by atoms with E-state index in [0.717, 1.165) is 0 Å². The molecule has 0 radical (unpaired) electrons. The van der Waals surface area contributed by atoms with Crippen LogP contribution in [0.2, 0.25) is 13.1 Å². The number of pyridine rings is 1. The molecular weight excluding hydrogens is 366 g/mol. The fourth-order valence-corrected chi connectivity index (χ4v) is 6.68. The van der Waals surface area contributed by atoms with Crippen molar-refractivity contribution in [3.8, 4) is 11.3 Å². The molecule has 0 aliphatic heterocycles. The quantitative estimate of drug-likeness (QED) is 0.336. The van der Waals surface area contributed by atoms with Crippen LogP contribution >= 0.6 is 0 Å². The molecule has 146 valence electrons. The zero-order valence-corrected chi connectivity index (χ0v) is 19.4. The van der Waals surface area contributed by atoms with Crippen molar-refractivity contribution in [2.75, 3.05) is 0 Å². The van der Waals surface area contributed by atoms with Crippen LogP contribution in [-0.2, 0) is 7.05 Å². The van der Waals surface area contributed by atoms with Crippen molar-refractivity contribution in [1.82, 2.24) is 0 Å². The number of hydrogen-bond acceptors (Lipinski definition) is 0. The first kappa shape index (κ1) is 19.6. The van der Waals surface area contributed by atoms with Gasteiger partial charge in [0.1, 0.15) is 15.1 Å². The molecule has 3 aromatic carbocycles. The number of fused-ring (bicyclic) bond motifs is 1. The fraction of sp³-hybridized carbons (Fsp3) is 0.222. The highest BCUT2D eigenvalue weighted by molar-refractivity contribution is 7.00. The van der Waals surface area contributed by atoms with Crippen LogP contribution in [0, 0.1) is 20.8 Å². The van der Waals surface area contributed by atoms with Gasteiger partial charge >= 0.3 is 0 Å². The van der Waals surface area contributed by atoms with Gasteiger partial charge in [0.05, 0.1) is 5.39 Å². The van der Waals surface area contributed by atoms with Crippen molar-refractivity contribution in [1.29, 1.82) is 0 Å². The lowest BCUT2D eigenvalue weighted by Gasteiger charge is -2.24. The molecule has 1 nitrogen and oxygen atoms in total. The molecule has 1 heterocycles. The zero-order chi connectivity index (χ0) is 20.8. The van der Waals surface area contributed by atoms with Crippen molar-refractivity contribution in [3.63, 3.8) is 0 Å². The van der Waals surface area contributed by atoms with Gasteiger partial charge in [0.15, 0.2) is 5.69 Å². The molecule has 0 bridgehead atoms. The number of hydrogen-bond donors (Lipinski definition) is 0. The molecule has 0 saturated carbocycles. The van der Waals surface area contributed by atoms with E-state index in [-0.39, 0.29) is 0 Å². The average molecular weight is 397 g/mol. The van der Waals surface area contributed by atoms with Crippen LogP contribution in [0.15, 0.2) is 72.8 Å². The predicted octanol–water partition coefficient (Wildman–Crippen LogP) is 5.08. The minimum Gasteiger partial charge on any atom is -0.198 e. The van der Waals surface area contributed by atoms with Crippen molar-refractivity contribution < 1.29 is 4.57 Å². The van der Waals surface area contributed by atoms with Crippen LogP contribution in [0.5, 0.6) is 0 Å². The van der Waals surface area contributed by atoms with Gasteiger partial charge in [-0.2, -0.15) is 4.57 Å². The van der Waals surface area contributed by atoms with E-state index in [0.29, 0.717) is 0 Å². The number of aryl methyl sites for hydroxylation is 3. The lowest BCUT2D eigenvalue weighted by molar-refractivity contribution is -0.665. The third-order valence-electron chi connectivity index (χ3n) is 6.40. The van der Waals surface area contributed by atoms with E-state index in [1.54, 1.807) is 0 Å². The number of aromatic nitrogens is 1. The van der Waals surface area contributed by atoms with Gasteiger partial charge in [-0.3, -0.25) is 0 Å². The molecule has 0 N–H and O–H groups in total. The Morgan fingerprint density at radius 1 is 0.724 bits per heavy atom. The molecule has 0 aliphatic rings. The lowest BCUT2D eigenvalue weighted by Crippen LogP contribution is -2.52. The molecule has 2 heteroatoms. The second kappa shape index (κ2) is 7.27. The van der Waals surface area contributed by atoms with Gasteiger partial charge in [-0.15, -0.1) is 0 Å². The Labute approximate surface area is 175 Å². The molecule has 0 fully saturated rings. The standard InChI is InChI=1S/C27H30NSi/c1-19-12-13-20(2)26(16-19)27-25-15-14-24(18-22(25)17-21(3)28(27)4)29(5,6)23-10-8-7-9-11-23/h7-18H,1-6H3/q+1. The highest BCUT2D eigenvalue weighted by atomic mass is 28.3. The molecule has 4 rings (SSSR count). The zero-order valence-electron chi connectivity index (χ0n) is 18.4. The van der Waals surface area contributed by atoms with Crippen LogP contribution in [0.1, 0.15) is 16.8 Å². The van der Waals surface area contributed by atoms with Crippen LogP contribution in [0.25, 0.3) is 22.0 Å². The summed E-state index contributed by atoms with van der Waals surface area (Å²) in [6.45, 7) is 11.5. The molecule has 0 aliphatic carbocycles. The van der Waals surface area contributed by atoms with Crippen molar-refractivity contribution >= 4 is 29.2 Å². The van der Waals surface area contributed by atoms with Crippen LogP contribution in [0.3, 0.4) is 0 Å². The largest absolute Gasteiger partial charge is 0.220 e. The maximum Gasteiger partial charge on any atom is 0.220 e. The summed E-state index contributed by atoms with van der Waals surface area (Å²) in [7, 11) is 0.456. The Balaban J connectivity index is 1.96. The minimum absolute atomic E-state index is 1.28. The van der Waals surface area contributed by atoms with Gasteiger partial charge in [-0.25, -0.2) is 0 Å². The third kappa shape index (κ3) is 3.42. The number of benzene rings is 3. The van der Waals surface area contributed by atoms with Gasteiger partial charge < -0.3 is 0 Å². The molecular formula is C27H30NSi+. The Morgan fingerprint density at radius 3 is 2.17 bits per heavy atom. The summed E-state index contributed by atoms with van der Waals surface area (Å²) in [5, 5.41) is 5.63. The first-order valence-electron chi connectivity index (χ1n) is 10.4. The van der Waals surface area contributed by atoms with Gasteiger partial charge in [0, 0.05) is 18.6 Å². The van der Waals surface area contributed by atoms with E-state index < -0.39 is 8.07 Å². The Hall–Kier alpha value is -2.71. The molecule has 0 amide bonds. The summed E-state index contributed by atoms with van der Waals surface area (Å²) < 4.78 is 2.34. The summed E-state index contributed by atoms with van der Waals surface area (Å²) in [5.74, 6) is 0. The van der Waals surface area contributed by atoms with E-state index in [9.17, 15) is 0 Å². The van der Waals surface area contributed by atoms with Crippen LogP contribution < -0.4 is 14.9 Å². The number of rotatable bonds is 3. The van der Waals surface area contributed by atoms with Crippen molar-refractivity contribution in [2.45, 2.75) is 33.9 Å². The summed E-state index contributed by atoms with van der Waals surface area (Å²) in [6.07, 6.45) is 0. The molecule has 1 aromatic heterocycles. The summed E-state index contributed by atoms with van der Waals surface area (Å²) in [5.41, 5.74) is 6.54. The summed E-state index contributed by atoms with van der Waals surface area (Å²) in [6, 6.07) is 27.2. The van der Waals surface area contributed by atoms with Gasteiger partial charge in [0.25, 0.3) is 0 Å². The first-order chi connectivity index (χ1) is 13.8. The maximum atomic E-state index is 2.45. The summed E-state index contributed by atoms with van der Waals surface area (Å²) in [4.78, 5) is 0. The molecule has 4 aromatic rings. The second-order valence-corrected chi connectivity index (χ2v) is 13.2. The first-order valence-corrected chi connectivity index (χ1v) is 13.4. The topological polar surface area (TPSA) is 3.88 Å². The molecule has 0 atom stereocenters. The van der Waals surface area contributed by atoms with E-state index in [4.69, 9.17) is 0 Å². The van der Waals surface area contributed by atoms with Crippen LogP contribution in [-0.4, -0.2) is 8.07 Å². The van der Waals surface area contributed by atoms with Gasteiger partial charge in [-0.05, 0) is 36.9 Å². The van der Waals surface area contributed by atoms with E-state index >= 15 is 0 Å². The lowest BCUT2D eigenvalue weighted by atomic mass is 9.97. The SMILES string of the molecule is Cc1ccc(C)c(-c2c3ccc([Si](C)(C)c4ccccc4)cc3cc(C)[n+]2C)c1. The molecule has 0 spiro atoms. The van der Waals surface area contributed by atoms with Gasteiger partial charge in [0.2, 0.25) is 5.69 Å². The Morgan fingerprint density at radius 2 is 1.45 bits per heavy atom. The Bertz CT molecular complexity index is 1210. The summed E-state index contributed by atoms with van der Waals surface area (Å²) >= 11 is 0. The van der Waals surface area contributed by atoms with E-state index in [1.165, 1.54) is 49.2 Å². The monoisotopic (exact) mass is 396 g/mol. The van der Waals surface area contributed by atoms with Gasteiger partial charge in [-0.1, -0.05) is 83.6 Å². The third-order valence-corrected chi connectivity index (χ3v) is 9.93. The van der Waals surface area contributed by atoms with E-state index in [1.807, 2.05) is 0 Å². The Kier molecular flexibility index (Phi) is 4.91. The maximum absolute atomic E-state index is 2.45. The van der Waals surface area contributed by atoms with Crippen molar-refractivity contribution in [3.05, 3.63) is 89.6 Å². The fourth-order valence-electron chi connectivity index (χ4n) is 4.30. The highest BCUT2D eigenvalue weighted by Crippen LogP contribution is 2.29. The number of nitrogens with zero attached hydrogens (tertiary/aromatic N) is 1. The molecule has 0 unspecified atom stereocenters. The smallest absolute Gasteiger partial charge is 0.198 e. The average Bonchev–Trinajstić information content (AvgIpc) is 2.71. The minimum atomic E-state index is -1.73. The second-order valence-electron chi connectivity index (χ2n) is 8.80. The normalized spacial score (nSPS) is 11.8. The molecule has 0 saturated heterocycles. The highest BCUT2D eigenvalue weighted by Gasteiger charge is 2.27. The predicted molar refractivity (Wildman–Crippen MR) is 128 cm³/mol. The van der Waals surface area contributed by atoms with E-state index in [2.05, 4.69) is 118 Å². The van der Waals surface area contributed by atoms with Crippen LogP contribution in [0.4, 0.5) is 0 Å². The molecule has 29 heavy (non-hydrogen) atoms.